The molecule has 6 heteroatoms. The van der Waals surface area contributed by atoms with Crippen LogP contribution in [-0.4, -0.2) is 39.2 Å². The van der Waals surface area contributed by atoms with Gasteiger partial charge in [-0.05, 0) is 37.5 Å². The van der Waals surface area contributed by atoms with Crippen molar-refractivity contribution in [2.75, 3.05) is 24.6 Å². The van der Waals surface area contributed by atoms with Crippen LogP contribution in [0.2, 0.25) is 0 Å². The third-order valence-corrected chi connectivity index (χ3v) is 6.58. The Hall–Kier alpha value is -3.28. The van der Waals surface area contributed by atoms with Gasteiger partial charge in [-0.25, -0.2) is 9.97 Å². The number of benzene rings is 2. The summed E-state index contributed by atoms with van der Waals surface area (Å²) >= 11 is 0. The largest absolute Gasteiger partial charge is 0.489 e. The molecule has 0 amide bonds. The Balaban J connectivity index is 1.38. The van der Waals surface area contributed by atoms with Crippen molar-refractivity contribution in [3.63, 3.8) is 0 Å². The molecule has 0 unspecified atom stereocenters. The second-order valence-corrected chi connectivity index (χ2v) is 8.32. The van der Waals surface area contributed by atoms with Crippen LogP contribution >= 0.6 is 0 Å². The average molecular weight is 399 g/mol. The van der Waals surface area contributed by atoms with E-state index in [0.29, 0.717) is 12.5 Å². The first-order valence-electron chi connectivity index (χ1n) is 10.7. The number of nitrogens with zero attached hydrogens (tertiary/aromatic N) is 4. The van der Waals surface area contributed by atoms with Crippen molar-refractivity contribution in [3.8, 4) is 5.75 Å². The molecule has 1 fully saturated rings. The summed E-state index contributed by atoms with van der Waals surface area (Å²) in [4.78, 5) is 15.3. The predicted octanol–water partition coefficient (Wildman–Crippen LogP) is 4.43. The molecule has 1 atom stereocenters. The van der Waals surface area contributed by atoms with Gasteiger partial charge >= 0.3 is 0 Å². The first kappa shape index (κ1) is 17.6. The van der Waals surface area contributed by atoms with E-state index in [1.54, 1.807) is 0 Å². The molecule has 152 valence electrons. The summed E-state index contributed by atoms with van der Waals surface area (Å²) < 4.78 is 8.56. The zero-order valence-corrected chi connectivity index (χ0v) is 17.1. The van der Waals surface area contributed by atoms with Crippen molar-refractivity contribution in [2.24, 2.45) is 0 Å². The number of nitrogens with one attached hydrogen (secondary N) is 1. The molecule has 0 saturated carbocycles. The van der Waals surface area contributed by atoms with Crippen LogP contribution < -0.4 is 9.64 Å². The van der Waals surface area contributed by atoms with Crippen LogP contribution in [0.3, 0.4) is 0 Å². The molecule has 1 saturated heterocycles. The van der Waals surface area contributed by atoms with Crippen molar-refractivity contribution < 1.29 is 4.74 Å². The van der Waals surface area contributed by atoms with Gasteiger partial charge in [-0.2, -0.15) is 0 Å². The number of anilines is 1. The monoisotopic (exact) mass is 399 g/mol. The van der Waals surface area contributed by atoms with E-state index in [4.69, 9.17) is 9.72 Å². The Morgan fingerprint density at radius 3 is 2.63 bits per heavy atom. The number of imidazole rings is 2. The fourth-order valence-electron chi connectivity index (χ4n) is 5.04. The molecule has 4 aromatic rings. The number of hydrogen-bond acceptors (Lipinski definition) is 4. The number of aromatic amines is 1. The molecular formula is C24H25N5O. The normalized spacial score (nSPS) is 19.2. The summed E-state index contributed by atoms with van der Waals surface area (Å²) in [5.74, 6) is 2.51. The van der Waals surface area contributed by atoms with E-state index in [-0.39, 0.29) is 6.04 Å². The highest BCUT2D eigenvalue weighted by molar-refractivity contribution is 5.86. The van der Waals surface area contributed by atoms with Gasteiger partial charge in [-0.1, -0.05) is 36.4 Å². The van der Waals surface area contributed by atoms with Crippen molar-refractivity contribution in [1.29, 1.82) is 0 Å². The molecule has 1 N–H and O–H groups in total. The topological polar surface area (TPSA) is 59.0 Å². The second-order valence-electron chi connectivity index (χ2n) is 8.32. The van der Waals surface area contributed by atoms with Crippen molar-refractivity contribution in [3.05, 3.63) is 71.8 Å². The third kappa shape index (κ3) is 2.70. The Morgan fingerprint density at radius 2 is 1.87 bits per heavy atom. The number of piperidine rings is 1. The van der Waals surface area contributed by atoms with Gasteiger partial charge in [0.1, 0.15) is 17.9 Å². The summed E-state index contributed by atoms with van der Waals surface area (Å²) in [5.41, 5.74) is 5.80. The maximum atomic E-state index is 6.15. The molecule has 0 spiro atoms. The van der Waals surface area contributed by atoms with Crippen molar-refractivity contribution >= 4 is 17.0 Å². The van der Waals surface area contributed by atoms with Crippen LogP contribution in [-0.2, 0) is 0 Å². The average Bonchev–Trinajstić information content (AvgIpc) is 3.40. The minimum absolute atomic E-state index is 0.132. The van der Waals surface area contributed by atoms with Gasteiger partial charge in [0, 0.05) is 24.7 Å². The number of aryl methyl sites for hydroxylation is 1. The fraction of sp³-hybridized carbons (Fsp3) is 0.333. The third-order valence-electron chi connectivity index (χ3n) is 6.58. The molecule has 6 nitrogen and oxygen atoms in total. The van der Waals surface area contributed by atoms with Crippen LogP contribution in [0.4, 0.5) is 5.95 Å². The summed E-state index contributed by atoms with van der Waals surface area (Å²) in [6.07, 6.45) is 4.00. The maximum Gasteiger partial charge on any atom is 0.207 e. The van der Waals surface area contributed by atoms with Gasteiger partial charge in [0.2, 0.25) is 5.95 Å². The van der Waals surface area contributed by atoms with E-state index < -0.39 is 0 Å². The highest BCUT2D eigenvalue weighted by Gasteiger charge is 2.32. The van der Waals surface area contributed by atoms with E-state index >= 15 is 0 Å². The zero-order valence-electron chi connectivity index (χ0n) is 17.1. The standard InChI is InChI=1S/C24H25N5O/c1-16-22(26-15-25-16)18-10-12-28(13-11-18)24-27-19-8-5-9-21-23(19)29(24)20(14-30-21)17-6-3-2-4-7-17/h2-9,15,18,20H,10-14H2,1H3,(H,25,26)/t20-/m1/s1. The molecule has 0 aliphatic carbocycles. The van der Waals surface area contributed by atoms with Crippen LogP contribution in [0.15, 0.2) is 54.9 Å². The Morgan fingerprint density at radius 1 is 1.03 bits per heavy atom. The Labute approximate surface area is 175 Å². The lowest BCUT2D eigenvalue weighted by atomic mass is 9.92. The quantitative estimate of drug-likeness (QED) is 0.554. The van der Waals surface area contributed by atoms with Crippen LogP contribution in [0, 0.1) is 6.92 Å². The highest BCUT2D eigenvalue weighted by Crippen LogP contribution is 2.40. The lowest BCUT2D eigenvalue weighted by molar-refractivity contribution is 0.259. The van der Waals surface area contributed by atoms with Gasteiger partial charge in [0.05, 0.1) is 23.6 Å². The van der Waals surface area contributed by atoms with E-state index in [2.05, 4.69) is 68.8 Å². The lowest BCUT2D eigenvalue weighted by Gasteiger charge is -2.35. The van der Waals surface area contributed by atoms with Gasteiger partial charge in [0.15, 0.2) is 0 Å². The maximum absolute atomic E-state index is 6.15. The Kier molecular flexibility index (Phi) is 4.04. The van der Waals surface area contributed by atoms with Gasteiger partial charge in [-0.15, -0.1) is 0 Å². The van der Waals surface area contributed by atoms with Crippen LogP contribution in [0.1, 0.15) is 41.8 Å². The molecule has 6 rings (SSSR count). The number of ether oxygens (including phenoxy) is 1. The molecule has 2 aliphatic rings. The molecule has 0 radical (unpaired) electrons. The number of para-hydroxylation sites is 1. The number of rotatable bonds is 3. The van der Waals surface area contributed by atoms with Crippen molar-refractivity contribution in [1.82, 2.24) is 19.5 Å². The molecule has 2 aromatic heterocycles. The minimum atomic E-state index is 0.132. The first-order chi connectivity index (χ1) is 14.8. The number of hydrogen-bond donors (Lipinski definition) is 1. The Bertz CT molecular complexity index is 1190. The fourth-order valence-corrected chi connectivity index (χ4v) is 5.04. The van der Waals surface area contributed by atoms with E-state index in [0.717, 1.165) is 48.7 Å². The minimum Gasteiger partial charge on any atom is -0.489 e. The molecule has 30 heavy (non-hydrogen) atoms. The van der Waals surface area contributed by atoms with Crippen LogP contribution in [0.25, 0.3) is 11.0 Å². The van der Waals surface area contributed by atoms with Gasteiger partial charge < -0.3 is 14.6 Å². The van der Waals surface area contributed by atoms with Crippen molar-refractivity contribution in [2.45, 2.75) is 31.7 Å². The van der Waals surface area contributed by atoms with Gasteiger partial charge in [-0.3, -0.25) is 4.57 Å². The molecule has 4 heterocycles. The summed E-state index contributed by atoms with van der Waals surface area (Å²) in [6, 6.07) is 16.9. The molecular weight excluding hydrogens is 374 g/mol. The van der Waals surface area contributed by atoms with Crippen LogP contribution in [0.5, 0.6) is 5.75 Å². The summed E-state index contributed by atoms with van der Waals surface area (Å²) in [7, 11) is 0. The molecule has 0 bridgehead atoms. The smallest absolute Gasteiger partial charge is 0.207 e. The number of H-pyrrole nitrogens is 1. The first-order valence-corrected chi connectivity index (χ1v) is 10.7. The number of aromatic nitrogens is 4. The molecule has 2 aromatic carbocycles. The predicted molar refractivity (Wildman–Crippen MR) is 117 cm³/mol. The van der Waals surface area contributed by atoms with Gasteiger partial charge in [0.25, 0.3) is 0 Å². The zero-order chi connectivity index (χ0) is 20.1. The summed E-state index contributed by atoms with van der Waals surface area (Å²) in [5, 5.41) is 0. The highest BCUT2D eigenvalue weighted by atomic mass is 16.5. The summed E-state index contributed by atoms with van der Waals surface area (Å²) in [6.45, 7) is 4.71. The SMILES string of the molecule is Cc1[nH]cnc1C1CCN(c2nc3cccc4c3n2[C@@H](c2ccccc2)CO4)CC1. The lowest BCUT2D eigenvalue weighted by Crippen LogP contribution is -2.36. The second kappa shape index (κ2) is 6.90. The van der Waals surface area contributed by atoms with E-state index in [1.165, 1.54) is 17.0 Å². The van der Waals surface area contributed by atoms with E-state index in [1.807, 2.05) is 12.4 Å². The molecule has 2 aliphatic heterocycles. The van der Waals surface area contributed by atoms with E-state index in [9.17, 15) is 0 Å².